The van der Waals surface area contributed by atoms with E-state index in [9.17, 15) is 14.7 Å². The molecule has 3 heterocycles. The molecule has 2 aromatic rings. The van der Waals surface area contributed by atoms with Crippen molar-refractivity contribution in [2.45, 2.75) is 45.3 Å². The van der Waals surface area contributed by atoms with Gasteiger partial charge in [0.15, 0.2) is 11.6 Å². The Kier molecular flexibility index (Phi) is 8.26. The first-order valence-electron chi connectivity index (χ1n) is 10.7. The highest BCUT2D eigenvalue weighted by Crippen LogP contribution is 2.34. The maximum Gasteiger partial charge on any atom is 0.410 e. The van der Waals surface area contributed by atoms with E-state index in [1.807, 2.05) is 26.2 Å². The minimum atomic E-state index is -0.318. The monoisotopic (exact) mass is 462 g/mol. The van der Waals surface area contributed by atoms with E-state index in [2.05, 4.69) is 15.3 Å². The number of anilines is 2. The molecule has 1 fully saturated rings. The lowest BCUT2D eigenvalue weighted by atomic mass is 10.1. The van der Waals surface area contributed by atoms with Gasteiger partial charge in [0.2, 0.25) is 5.75 Å². The van der Waals surface area contributed by atoms with E-state index in [1.165, 1.54) is 6.20 Å². The summed E-state index contributed by atoms with van der Waals surface area (Å²) in [4.78, 5) is 33.0. The number of ether oxygens (including phenoxy) is 2. The predicted molar refractivity (Wildman–Crippen MR) is 125 cm³/mol. The molecule has 10 heteroatoms. The number of nitrogens with one attached hydrogen (secondary N) is 2. The van der Waals surface area contributed by atoms with Gasteiger partial charge < -0.3 is 29.8 Å². The number of hydrogen-bond donors (Lipinski definition) is 3. The lowest BCUT2D eigenvalue weighted by Gasteiger charge is -2.32. The molecule has 3 N–H and O–H groups in total. The summed E-state index contributed by atoms with van der Waals surface area (Å²) in [5.41, 5.74) is 0.861. The number of nitrogens with zero attached hydrogens (tertiary/aromatic N) is 2. The summed E-state index contributed by atoms with van der Waals surface area (Å²) in [5, 5.41) is 13.5. The number of aromatic amines is 1. The quantitative estimate of drug-likeness (QED) is 0.546. The van der Waals surface area contributed by atoms with E-state index in [0.29, 0.717) is 25.9 Å². The number of pyridine rings is 2. The zero-order valence-electron chi connectivity index (χ0n) is 18.6. The standard InChI is InChI=1S/C22H30N4O5S/c1-14(2)30-22(29)26-11-7-16(8-12-26)31-18-6-10-23-20(19(18)27)25-17-5-4-15(9-13-32-3)24-21(17)28/h4-6,10,14,16,27H,7-9,11-13H2,1-3H3,(H,23,25)(H,24,28). The Labute approximate surface area is 191 Å². The van der Waals surface area contributed by atoms with E-state index >= 15 is 0 Å². The molecule has 0 bridgehead atoms. The molecule has 0 aliphatic carbocycles. The minimum Gasteiger partial charge on any atom is -0.502 e. The number of piperidine rings is 1. The first-order valence-corrected chi connectivity index (χ1v) is 12.0. The smallest absolute Gasteiger partial charge is 0.410 e. The van der Waals surface area contributed by atoms with Gasteiger partial charge in [-0.15, -0.1) is 0 Å². The number of hydrogen-bond acceptors (Lipinski definition) is 8. The number of H-pyrrole nitrogens is 1. The fraction of sp³-hybridized carbons (Fsp3) is 0.500. The third kappa shape index (κ3) is 6.32. The van der Waals surface area contributed by atoms with Crippen LogP contribution in [0.25, 0.3) is 0 Å². The van der Waals surface area contributed by atoms with Crippen molar-refractivity contribution >= 4 is 29.4 Å². The topological polar surface area (TPSA) is 117 Å². The molecule has 0 saturated carbocycles. The summed E-state index contributed by atoms with van der Waals surface area (Å²) in [6, 6.07) is 5.10. The summed E-state index contributed by atoms with van der Waals surface area (Å²) in [5.74, 6) is 1.17. The van der Waals surface area contributed by atoms with Crippen LogP contribution in [0.5, 0.6) is 11.5 Å². The molecule has 0 aromatic carbocycles. The molecular weight excluding hydrogens is 432 g/mol. The molecule has 1 saturated heterocycles. The van der Waals surface area contributed by atoms with Crippen LogP contribution in [0.4, 0.5) is 16.3 Å². The van der Waals surface area contributed by atoms with Crippen LogP contribution in [0.15, 0.2) is 29.2 Å². The molecule has 1 amide bonds. The summed E-state index contributed by atoms with van der Waals surface area (Å²) in [7, 11) is 0. The number of rotatable bonds is 8. The molecule has 1 aliphatic heterocycles. The van der Waals surface area contributed by atoms with Crippen LogP contribution in [0.3, 0.4) is 0 Å². The molecule has 9 nitrogen and oxygen atoms in total. The number of aryl methyl sites for hydroxylation is 1. The van der Waals surface area contributed by atoms with Crippen LogP contribution in [0, 0.1) is 0 Å². The van der Waals surface area contributed by atoms with Gasteiger partial charge in [0.05, 0.1) is 6.10 Å². The molecule has 174 valence electrons. The Hall–Kier alpha value is -2.88. The van der Waals surface area contributed by atoms with Crippen LogP contribution in [-0.4, -0.2) is 63.4 Å². The maximum absolute atomic E-state index is 12.4. The highest BCUT2D eigenvalue weighted by atomic mass is 32.2. The van der Waals surface area contributed by atoms with E-state index in [4.69, 9.17) is 9.47 Å². The molecular formula is C22H30N4O5S. The van der Waals surface area contributed by atoms with Crippen molar-refractivity contribution in [2.75, 3.05) is 30.4 Å². The average molecular weight is 463 g/mol. The lowest BCUT2D eigenvalue weighted by Crippen LogP contribution is -2.42. The highest BCUT2D eigenvalue weighted by Gasteiger charge is 2.26. The lowest BCUT2D eigenvalue weighted by molar-refractivity contribution is 0.0511. The van der Waals surface area contributed by atoms with Crippen molar-refractivity contribution < 1.29 is 19.4 Å². The minimum absolute atomic E-state index is 0.141. The fourth-order valence-electron chi connectivity index (χ4n) is 3.33. The van der Waals surface area contributed by atoms with Gasteiger partial charge >= 0.3 is 6.09 Å². The number of aromatic hydroxyl groups is 1. The zero-order chi connectivity index (χ0) is 23.1. The molecule has 0 unspecified atom stereocenters. The Morgan fingerprint density at radius 3 is 2.75 bits per heavy atom. The number of amides is 1. The first-order chi connectivity index (χ1) is 15.4. The van der Waals surface area contributed by atoms with Crippen molar-refractivity contribution in [1.82, 2.24) is 14.9 Å². The Balaban J connectivity index is 1.62. The van der Waals surface area contributed by atoms with E-state index in [0.717, 1.165) is 17.9 Å². The molecule has 32 heavy (non-hydrogen) atoms. The third-order valence-corrected chi connectivity index (χ3v) is 5.63. The first kappa shape index (κ1) is 23.8. The van der Waals surface area contributed by atoms with Crippen LogP contribution < -0.4 is 15.6 Å². The second kappa shape index (κ2) is 11.1. The van der Waals surface area contributed by atoms with Crippen molar-refractivity contribution in [3.05, 3.63) is 40.4 Å². The summed E-state index contributed by atoms with van der Waals surface area (Å²) >= 11 is 1.71. The summed E-state index contributed by atoms with van der Waals surface area (Å²) < 4.78 is 11.2. The van der Waals surface area contributed by atoms with Crippen LogP contribution in [-0.2, 0) is 11.2 Å². The van der Waals surface area contributed by atoms with Crippen molar-refractivity contribution in [2.24, 2.45) is 0 Å². The third-order valence-electron chi connectivity index (χ3n) is 5.02. The predicted octanol–water partition coefficient (Wildman–Crippen LogP) is 3.51. The van der Waals surface area contributed by atoms with E-state index in [1.54, 1.807) is 28.8 Å². The number of likely N-dealkylation sites (tertiary alicyclic amines) is 1. The van der Waals surface area contributed by atoms with Crippen LogP contribution in [0.2, 0.25) is 0 Å². The highest BCUT2D eigenvalue weighted by molar-refractivity contribution is 7.98. The molecule has 2 aromatic heterocycles. The Bertz CT molecular complexity index is 973. The maximum atomic E-state index is 12.4. The van der Waals surface area contributed by atoms with Crippen molar-refractivity contribution in [3.8, 4) is 11.5 Å². The molecule has 3 rings (SSSR count). The van der Waals surface area contributed by atoms with Gasteiger partial charge in [-0.1, -0.05) is 0 Å². The van der Waals surface area contributed by atoms with Crippen LogP contribution >= 0.6 is 11.8 Å². The zero-order valence-corrected chi connectivity index (χ0v) is 19.4. The largest absolute Gasteiger partial charge is 0.502 e. The molecule has 0 radical (unpaired) electrons. The van der Waals surface area contributed by atoms with Gasteiger partial charge in [-0.25, -0.2) is 9.78 Å². The number of thioether (sulfide) groups is 1. The summed E-state index contributed by atoms with van der Waals surface area (Å²) in [6.07, 6.45) is 4.91. The second-order valence-electron chi connectivity index (χ2n) is 7.84. The Morgan fingerprint density at radius 1 is 1.34 bits per heavy atom. The SMILES string of the molecule is CSCCc1ccc(Nc2nccc(OC3CCN(C(=O)OC(C)C)CC3)c2O)c(=O)[nH]1. The summed E-state index contributed by atoms with van der Waals surface area (Å²) in [6.45, 7) is 4.68. The van der Waals surface area contributed by atoms with Crippen molar-refractivity contribution in [3.63, 3.8) is 0 Å². The molecule has 1 aliphatic rings. The van der Waals surface area contributed by atoms with Gasteiger partial charge in [0.1, 0.15) is 11.8 Å². The van der Waals surface area contributed by atoms with Crippen LogP contribution in [0.1, 0.15) is 32.4 Å². The average Bonchev–Trinajstić information content (AvgIpc) is 2.76. The van der Waals surface area contributed by atoms with Gasteiger partial charge in [-0.05, 0) is 44.4 Å². The van der Waals surface area contributed by atoms with Gasteiger partial charge in [0, 0.05) is 43.9 Å². The van der Waals surface area contributed by atoms with Crippen molar-refractivity contribution in [1.29, 1.82) is 0 Å². The van der Waals surface area contributed by atoms with E-state index < -0.39 is 0 Å². The Morgan fingerprint density at radius 2 is 2.09 bits per heavy atom. The molecule has 0 atom stereocenters. The van der Waals surface area contributed by atoms with Gasteiger partial charge in [0.25, 0.3) is 5.56 Å². The number of aromatic nitrogens is 2. The van der Waals surface area contributed by atoms with E-state index in [-0.39, 0.29) is 46.9 Å². The van der Waals surface area contributed by atoms with Gasteiger partial charge in [-0.2, -0.15) is 11.8 Å². The van der Waals surface area contributed by atoms with Gasteiger partial charge in [-0.3, -0.25) is 4.79 Å². The normalized spacial score (nSPS) is 14.4. The fourth-order valence-corrected chi connectivity index (χ4v) is 3.76. The molecule has 0 spiro atoms. The second-order valence-corrected chi connectivity index (χ2v) is 8.82. The number of carbonyl (C=O) groups excluding carboxylic acids is 1. The number of carbonyl (C=O) groups is 1.